The minimum Gasteiger partial charge on any atom is -0.338 e. The van der Waals surface area contributed by atoms with Crippen LogP contribution < -0.4 is 16.2 Å². The Morgan fingerprint density at radius 1 is 1.35 bits per heavy atom. The molecule has 1 heterocycles. The van der Waals surface area contributed by atoms with Crippen molar-refractivity contribution in [3.8, 4) is 0 Å². The number of hydrogen-bond acceptors (Lipinski definition) is 4. The molecule has 1 aliphatic heterocycles. The zero-order valence-electron chi connectivity index (χ0n) is 14.8. The Labute approximate surface area is 139 Å². The number of anilines is 1. The quantitative estimate of drug-likeness (QED) is 0.737. The van der Waals surface area contributed by atoms with Crippen molar-refractivity contribution in [3.63, 3.8) is 0 Å². The molecule has 1 unspecified atom stereocenters. The van der Waals surface area contributed by atoms with Crippen molar-refractivity contribution >= 4 is 11.4 Å². The highest BCUT2D eigenvalue weighted by Crippen LogP contribution is 2.25. The molecule has 1 aromatic rings. The SMILES string of the molecule is C=C1/C(=C(\N=C(C)C(C)C)Nc2ccccc2C)NNCC1C. The van der Waals surface area contributed by atoms with Crippen LogP contribution in [0.2, 0.25) is 0 Å². The maximum absolute atomic E-state index is 4.84. The summed E-state index contributed by atoms with van der Waals surface area (Å²) < 4.78 is 0. The molecule has 1 aliphatic rings. The molecular formula is C19H28N4. The maximum atomic E-state index is 4.84. The molecule has 0 aliphatic carbocycles. The lowest BCUT2D eigenvalue weighted by atomic mass is 9.98. The number of hydrogen-bond donors (Lipinski definition) is 3. The lowest BCUT2D eigenvalue weighted by Crippen LogP contribution is -2.43. The maximum Gasteiger partial charge on any atom is 0.155 e. The van der Waals surface area contributed by atoms with Gasteiger partial charge in [-0.3, -0.25) is 0 Å². The first kappa shape index (κ1) is 17.3. The number of rotatable bonds is 4. The molecule has 2 rings (SSSR count). The van der Waals surface area contributed by atoms with Crippen molar-refractivity contribution in [1.82, 2.24) is 10.9 Å². The first-order valence-electron chi connectivity index (χ1n) is 8.20. The molecule has 4 nitrogen and oxygen atoms in total. The Kier molecular flexibility index (Phi) is 5.61. The van der Waals surface area contributed by atoms with Crippen molar-refractivity contribution < 1.29 is 0 Å². The van der Waals surface area contributed by atoms with Crippen LogP contribution in [-0.2, 0) is 0 Å². The largest absolute Gasteiger partial charge is 0.338 e. The van der Waals surface area contributed by atoms with Gasteiger partial charge in [-0.05, 0) is 42.9 Å². The van der Waals surface area contributed by atoms with Gasteiger partial charge in [0, 0.05) is 17.9 Å². The molecule has 1 saturated heterocycles. The summed E-state index contributed by atoms with van der Waals surface area (Å²) in [5, 5.41) is 3.48. The number of nitrogens with one attached hydrogen (secondary N) is 3. The third-order valence-corrected chi connectivity index (χ3v) is 4.30. The minimum absolute atomic E-state index is 0.370. The van der Waals surface area contributed by atoms with E-state index in [9.17, 15) is 0 Å². The van der Waals surface area contributed by atoms with Crippen LogP contribution in [0.25, 0.3) is 0 Å². The highest BCUT2D eigenvalue weighted by Gasteiger charge is 2.21. The lowest BCUT2D eigenvalue weighted by Gasteiger charge is -2.28. The summed E-state index contributed by atoms with van der Waals surface area (Å²) in [6.07, 6.45) is 0. The molecule has 0 radical (unpaired) electrons. The standard InChI is InChI=1S/C19H28N4/c1-12(2)16(6)21-19(18-15(5)14(4)11-20-23-18)22-17-10-8-7-9-13(17)3/h7-10,12,14,20,22-23H,5,11H2,1-4,6H3/b19-18-,21-16?. The van der Waals surface area contributed by atoms with Gasteiger partial charge < -0.3 is 10.7 Å². The third-order valence-electron chi connectivity index (χ3n) is 4.30. The van der Waals surface area contributed by atoms with Gasteiger partial charge in [-0.25, -0.2) is 10.4 Å². The van der Waals surface area contributed by atoms with E-state index in [1.54, 1.807) is 0 Å². The first-order chi connectivity index (χ1) is 10.9. The van der Waals surface area contributed by atoms with Gasteiger partial charge in [0.1, 0.15) is 0 Å². The molecule has 0 aromatic heterocycles. The van der Waals surface area contributed by atoms with E-state index in [0.29, 0.717) is 11.8 Å². The highest BCUT2D eigenvalue weighted by molar-refractivity contribution is 5.85. The van der Waals surface area contributed by atoms with Gasteiger partial charge in [0.15, 0.2) is 5.82 Å². The Bertz CT molecular complexity index is 641. The second-order valence-corrected chi connectivity index (χ2v) is 6.50. The molecule has 1 atom stereocenters. The fraction of sp³-hybridized carbons (Fsp3) is 0.421. The van der Waals surface area contributed by atoms with Crippen LogP contribution in [-0.4, -0.2) is 12.3 Å². The number of nitrogens with zero attached hydrogens (tertiary/aromatic N) is 1. The van der Waals surface area contributed by atoms with E-state index in [0.717, 1.165) is 35.0 Å². The normalized spacial score (nSPS) is 21.2. The molecule has 0 saturated carbocycles. The molecule has 1 aromatic carbocycles. The molecule has 4 heteroatoms. The number of para-hydroxylation sites is 1. The molecule has 3 N–H and O–H groups in total. The average molecular weight is 312 g/mol. The predicted molar refractivity (Wildman–Crippen MR) is 99.2 cm³/mol. The minimum atomic E-state index is 0.370. The van der Waals surface area contributed by atoms with Gasteiger partial charge in [0.05, 0.1) is 5.70 Å². The number of aryl methyl sites for hydroxylation is 1. The van der Waals surface area contributed by atoms with Crippen LogP contribution in [0.4, 0.5) is 5.69 Å². The third kappa shape index (κ3) is 4.23. The van der Waals surface area contributed by atoms with Crippen LogP contribution in [0.15, 0.2) is 52.9 Å². The molecule has 0 spiro atoms. The van der Waals surface area contributed by atoms with Gasteiger partial charge in [-0.1, -0.05) is 45.5 Å². The Hall–Kier alpha value is -2.07. The van der Waals surface area contributed by atoms with Crippen LogP contribution >= 0.6 is 0 Å². The van der Waals surface area contributed by atoms with Crippen LogP contribution in [0, 0.1) is 18.8 Å². The van der Waals surface area contributed by atoms with E-state index >= 15 is 0 Å². The summed E-state index contributed by atoms with van der Waals surface area (Å²) in [7, 11) is 0. The van der Waals surface area contributed by atoms with Gasteiger partial charge in [-0.2, -0.15) is 0 Å². The van der Waals surface area contributed by atoms with Crippen molar-refractivity contribution in [3.05, 3.63) is 53.5 Å². The summed E-state index contributed by atoms with van der Waals surface area (Å²) in [6, 6.07) is 8.23. The van der Waals surface area contributed by atoms with Gasteiger partial charge in [-0.15, -0.1) is 0 Å². The summed E-state index contributed by atoms with van der Waals surface area (Å²) >= 11 is 0. The van der Waals surface area contributed by atoms with E-state index in [4.69, 9.17) is 4.99 Å². The zero-order chi connectivity index (χ0) is 17.0. The Morgan fingerprint density at radius 3 is 2.70 bits per heavy atom. The van der Waals surface area contributed by atoms with Gasteiger partial charge in [0.2, 0.25) is 0 Å². The Balaban J connectivity index is 2.46. The fourth-order valence-corrected chi connectivity index (χ4v) is 2.25. The zero-order valence-corrected chi connectivity index (χ0v) is 14.8. The average Bonchev–Trinajstić information content (AvgIpc) is 2.51. The predicted octanol–water partition coefficient (Wildman–Crippen LogP) is 3.99. The monoisotopic (exact) mass is 312 g/mol. The molecule has 0 bridgehead atoms. The van der Waals surface area contributed by atoms with Gasteiger partial charge >= 0.3 is 0 Å². The van der Waals surface area contributed by atoms with Crippen molar-refractivity contribution in [1.29, 1.82) is 0 Å². The summed E-state index contributed by atoms with van der Waals surface area (Å²) in [5.74, 6) is 1.58. The summed E-state index contributed by atoms with van der Waals surface area (Å²) in [4.78, 5) is 4.84. The van der Waals surface area contributed by atoms with Crippen molar-refractivity contribution in [2.75, 3.05) is 11.9 Å². The summed E-state index contributed by atoms with van der Waals surface area (Å²) in [6.45, 7) is 15.7. The lowest BCUT2D eigenvalue weighted by molar-refractivity contribution is 0.474. The van der Waals surface area contributed by atoms with Crippen LogP contribution in [0.3, 0.4) is 0 Å². The molecular weight excluding hydrogens is 284 g/mol. The van der Waals surface area contributed by atoms with Gasteiger partial charge in [0.25, 0.3) is 0 Å². The van der Waals surface area contributed by atoms with E-state index in [-0.39, 0.29) is 0 Å². The topological polar surface area (TPSA) is 48.5 Å². The number of aliphatic imine (C=N–C) groups is 1. The van der Waals surface area contributed by atoms with Crippen LogP contribution in [0.5, 0.6) is 0 Å². The van der Waals surface area contributed by atoms with E-state index in [1.165, 1.54) is 5.56 Å². The van der Waals surface area contributed by atoms with E-state index in [1.807, 2.05) is 12.1 Å². The smallest absolute Gasteiger partial charge is 0.155 e. The van der Waals surface area contributed by atoms with Crippen LogP contribution in [0.1, 0.15) is 33.3 Å². The fourth-order valence-electron chi connectivity index (χ4n) is 2.25. The van der Waals surface area contributed by atoms with E-state index < -0.39 is 0 Å². The van der Waals surface area contributed by atoms with Crippen molar-refractivity contribution in [2.24, 2.45) is 16.8 Å². The number of allylic oxidation sites excluding steroid dienone is 1. The Morgan fingerprint density at radius 2 is 2.04 bits per heavy atom. The highest BCUT2D eigenvalue weighted by atomic mass is 15.4. The molecule has 0 amide bonds. The molecule has 23 heavy (non-hydrogen) atoms. The van der Waals surface area contributed by atoms with E-state index in [2.05, 4.69) is 69.5 Å². The summed E-state index contributed by atoms with van der Waals surface area (Å²) in [5.41, 5.74) is 11.8. The number of hydrazine groups is 1. The van der Waals surface area contributed by atoms with Crippen molar-refractivity contribution in [2.45, 2.75) is 34.6 Å². The second-order valence-electron chi connectivity index (χ2n) is 6.50. The molecule has 124 valence electrons. The second kappa shape index (κ2) is 7.47. The molecule has 1 fully saturated rings. The number of benzene rings is 1. The first-order valence-corrected chi connectivity index (χ1v) is 8.20.